The van der Waals surface area contributed by atoms with Gasteiger partial charge in [0.25, 0.3) is 0 Å². The maximum Gasteiger partial charge on any atom is 0.233 e. The van der Waals surface area contributed by atoms with Crippen LogP contribution in [0, 0.1) is 0 Å². The Hall–Kier alpha value is -2.13. The van der Waals surface area contributed by atoms with Crippen LogP contribution in [0.2, 0.25) is 0 Å². The number of carbonyl (C=O) groups excluding carboxylic acids is 1. The van der Waals surface area contributed by atoms with Gasteiger partial charge in [-0.15, -0.1) is 0 Å². The summed E-state index contributed by atoms with van der Waals surface area (Å²) in [5, 5.41) is 9.18. The van der Waals surface area contributed by atoms with Crippen LogP contribution in [-0.4, -0.2) is 35.6 Å². The largest absolute Gasteiger partial charge is 0.395 e. The molecule has 1 amide bonds. The Kier molecular flexibility index (Phi) is 4.25. The van der Waals surface area contributed by atoms with E-state index in [-0.39, 0.29) is 12.5 Å². The van der Waals surface area contributed by atoms with E-state index in [1.54, 1.807) is 4.90 Å². The molecule has 114 valence electrons. The summed E-state index contributed by atoms with van der Waals surface area (Å²) in [5.74, 6) is 0.136. The second-order valence-electron chi connectivity index (χ2n) is 5.88. The summed E-state index contributed by atoms with van der Waals surface area (Å²) in [6.07, 6.45) is 1.50. The molecule has 2 aromatic carbocycles. The van der Waals surface area contributed by atoms with Gasteiger partial charge in [-0.05, 0) is 24.0 Å². The van der Waals surface area contributed by atoms with Gasteiger partial charge >= 0.3 is 0 Å². The maximum atomic E-state index is 13.0. The molecule has 0 bridgehead atoms. The number of benzene rings is 2. The molecule has 1 fully saturated rings. The van der Waals surface area contributed by atoms with Crippen molar-refractivity contribution < 1.29 is 9.90 Å². The van der Waals surface area contributed by atoms with Crippen LogP contribution in [0.5, 0.6) is 0 Å². The fourth-order valence-electron chi connectivity index (χ4n) is 3.41. The van der Waals surface area contributed by atoms with Crippen LogP contribution in [-0.2, 0) is 16.6 Å². The van der Waals surface area contributed by atoms with Gasteiger partial charge in [-0.25, -0.2) is 0 Å². The summed E-state index contributed by atoms with van der Waals surface area (Å²) in [6, 6.07) is 20.2. The lowest BCUT2D eigenvalue weighted by molar-refractivity contribution is -0.132. The predicted molar refractivity (Wildman–Crippen MR) is 86.5 cm³/mol. The molecule has 1 atom stereocenters. The molecule has 1 aliphatic rings. The average molecular weight is 295 g/mol. The molecular weight excluding hydrogens is 274 g/mol. The first-order valence-electron chi connectivity index (χ1n) is 7.76. The number of β-amino-alcohol motifs (C(OH)–C–C–N with tert-alkyl or cyclic N) is 1. The highest BCUT2D eigenvalue weighted by Gasteiger charge is 2.47. The molecule has 3 heteroatoms. The van der Waals surface area contributed by atoms with Crippen LogP contribution >= 0.6 is 0 Å². The second-order valence-corrected chi connectivity index (χ2v) is 5.88. The van der Waals surface area contributed by atoms with Crippen LogP contribution in [0.4, 0.5) is 0 Å². The lowest BCUT2D eigenvalue weighted by atomic mass is 9.74. The van der Waals surface area contributed by atoms with Gasteiger partial charge in [-0.3, -0.25) is 4.79 Å². The molecule has 1 heterocycles. The molecule has 1 saturated heterocycles. The topological polar surface area (TPSA) is 40.5 Å². The van der Waals surface area contributed by atoms with E-state index in [0.717, 1.165) is 12.0 Å². The summed E-state index contributed by atoms with van der Waals surface area (Å²) in [7, 11) is 0. The number of nitrogens with zero attached hydrogens (tertiary/aromatic N) is 1. The Labute approximate surface area is 131 Å². The van der Waals surface area contributed by atoms with Crippen LogP contribution < -0.4 is 0 Å². The third-order valence-corrected chi connectivity index (χ3v) is 4.55. The third kappa shape index (κ3) is 2.64. The van der Waals surface area contributed by atoms with E-state index in [9.17, 15) is 9.90 Å². The summed E-state index contributed by atoms with van der Waals surface area (Å²) >= 11 is 0. The van der Waals surface area contributed by atoms with Gasteiger partial charge in [0.1, 0.15) is 0 Å². The van der Waals surface area contributed by atoms with E-state index in [1.165, 1.54) is 5.56 Å². The first-order valence-corrected chi connectivity index (χ1v) is 7.76. The Balaban J connectivity index is 1.99. The Morgan fingerprint density at radius 2 is 1.64 bits per heavy atom. The van der Waals surface area contributed by atoms with Crippen molar-refractivity contribution in [3.63, 3.8) is 0 Å². The Morgan fingerprint density at radius 3 is 2.27 bits per heavy atom. The number of rotatable bonds is 5. The summed E-state index contributed by atoms with van der Waals surface area (Å²) < 4.78 is 0. The van der Waals surface area contributed by atoms with Crippen molar-refractivity contribution in [2.24, 2.45) is 0 Å². The monoisotopic (exact) mass is 295 g/mol. The van der Waals surface area contributed by atoms with Crippen molar-refractivity contribution in [2.45, 2.75) is 18.3 Å². The average Bonchev–Trinajstić information content (AvgIpc) is 2.88. The molecule has 0 aliphatic carbocycles. The van der Waals surface area contributed by atoms with Crippen LogP contribution in [0.1, 0.15) is 17.5 Å². The molecule has 0 saturated carbocycles. The van der Waals surface area contributed by atoms with Crippen molar-refractivity contribution in [3.05, 3.63) is 71.8 Å². The van der Waals surface area contributed by atoms with Crippen LogP contribution in [0.3, 0.4) is 0 Å². The smallest absolute Gasteiger partial charge is 0.233 e. The molecule has 0 radical (unpaired) electrons. The van der Waals surface area contributed by atoms with Gasteiger partial charge in [-0.1, -0.05) is 60.7 Å². The molecule has 1 N–H and O–H groups in total. The molecule has 0 spiro atoms. The predicted octanol–water partition coefficient (Wildman–Crippen LogP) is 2.39. The summed E-state index contributed by atoms with van der Waals surface area (Å²) in [6.45, 7) is 1.14. The molecule has 1 aliphatic heterocycles. The molecule has 3 nitrogen and oxygen atoms in total. The zero-order valence-electron chi connectivity index (χ0n) is 12.6. The maximum absolute atomic E-state index is 13.0. The van der Waals surface area contributed by atoms with Crippen molar-refractivity contribution in [1.29, 1.82) is 0 Å². The van der Waals surface area contributed by atoms with Crippen molar-refractivity contribution in [3.8, 4) is 0 Å². The number of aliphatic hydroxyl groups is 1. The van der Waals surface area contributed by atoms with E-state index in [1.807, 2.05) is 48.5 Å². The lowest BCUT2D eigenvalue weighted by Gasteiger charge is -2.28. The van der Waals surface area contributed by atoms with E-state index >= 15 is 0 Å². The van der Waals surface area contributed by atoms with Gasteiger partial charge in [0.05, 0.1) is 12.0 Å². The van der Waals surface area contributed by atoms with Crippen LogP contribution in [0.15, 0.2) is 60.7 Å². The summed E-state index contributed by atoms with van der Waals surface area (Å²) in [5.41, 5.74) is 1.74. The van der Waals surface area contributed by atoms with Gasteiger partial charge in [-0.2, -0.15) is 0 Å². The second kappa shape index (κ2) is 6.32. The first-order chi connectivity index (χ1) is 10.8. The highest BCUT2D eigenvalue weighted by Crippen LogP contribution is 2.38. The number of hydrogen-bond acceptors (Lipinski definition) is 2. The number of carbonyl (C=O) groups is 1. The minimum atomic E-state index is -0.502. The zero-order valence-corrected chi connectivity index (χ0v) is 12.6. The Bertz CT molecular complexity index is 626. The Morgan fingerprint density at radius 1 is 1.00 bits per heavy atom. The standard InChI is InChI=1S/C19H21NO2/c21-14-13-20-12-11-19(18(20)22,17-9-5-2-6-10-17)15-16-7-3-1-4-8-16/h1-10,21H,11-15H2. The molecule has 22 heavy (non-hydrogen) atoms. The van der Waals surface area contributed by atoms with Crippen molar-refractivity contribution >= 4 is 5.91 Å². The van der Waals surface area contributed by atoms with Gasteiger partial charge in [0.2, 0.25) is 5.91 Å². The lowest BCUT2D eigenvalue weighted by Crippen LogP contribution is -2.40. The van der Waals surface area contributed by atoms with E-state index in [2.05, 4.69) is 12.1 Å². The van der Waals surface area contributed by atoms with Gasteiger partial charge in [0.15, 0.2) is 0 Å². The van der Waals surface area contributed by atoms with E-state index in [4.69, 9.17) is 0 Å². The minimum absolute atomic E-state index is 0.0158. The zero-order chi connectivity index (χ0) is 15.4. The summed E-state index contributed by atoms with van der Waals surface area (Å²) in [4.78, 5) is 14.8. The third-order valence-electron chi connectivity index (χ3n) is 4.55. The highest BCUT2D eigenvalue weighted by molar-refractivity contribution is 5.90. The molecule has 1 unspecified atom stereocenters. The highest BCUT2D eigenvalue weighted by atomic mass is 16.3. The number of amides is 1. The SMILES string of the molecule is O=C1N(CCO)CCC1(Cc1ccccc1)c1ccccc1. The van der Waals surface area contributed by atoms with Gasteiger partial charge < -0.3 is 10.0 Å². The molecule has 2 aromatic rings. The van der Waals surface area contributed by atoms with E-state index < -0.39 is 5.41 Å². The van der Waals surface area contributed by atoms with Crippen molar-refractivity contribution in [2.75, 3.05) is 19.7 Å². The quantitative estimate of drug-likeness (QED) is 0.920. The minimum Gasteiger partial charge on any atom is -0.395 e. The van der Waals surface area contributed by atoms with E-state index in [0.29, 0.717) is 19.5 Å². The first kappa shape index (κ1) is 14.8. The number of likely N-dealkylation sites (tertiary alicyclic amines) is 1. The van der Waals surface area contributed by atoms with Crippen LogP contribution in [0.25, 0.3) is 0 Å². The fourth-order valence-corrected chi connectivity index (χ4v) is 3.41. The number of aliphatic hydroxyl groups excluding tert-OH is 1. The molecule has 0 aromatic heterocycles. The number of hydrogen-bond donors (Lipinski definition) is 1. The molecular formula is C19H21NO2. The van der Waals surface area contributed by atoms with Crippen molar-refractivity contribution in [1.82, 2.24) is 4.90 Å². The molecule has 3 rings (SSSR count). The fraction of sp³-hybridized carbons (Fsp3) is 0.316. The normalized spacial score (nSPS) is 21.3. The van der Waals surface area contributed by atoms with Gasteiger partial charge in [0, 0.05) is 13.1 Å².